The van der Waals surface area contributed by atoms with Crippen molar-refractivity contribution >= 4 is 29.9 Å². The van der Waals surface area contributed by atoms with Gasteiger partial charge in [0, 0.05) is 45.1 Å². The molecule has 1 aliphatic rings. The Morgan fingerprint density at radius 1 is 1.37 bits per heavy atom. The molecular weight excluding hydrogens is 500 g/mol. The van der Waals surface area contributed by atoms with Crippen LogP contribution in [0.3, 0.4) is 0 Å². The lowest BCUT2D eigenvalue weighted by molar-refractivity contribution is 0.0536. The molecule has 1 saturated heterocycles. The number of guanidine groups is 1. The summed E-state index contributed by atoms with van der Waals surface area (Å²) in [7, 11) is 1.68. The van der Waals surface area contributed by atoms with E-state index in [0.29, 0.717) is 31.4 Å². The average molecular weight is 531 g/mol. The number of likely N-dealkylation sites (tertiary alicyclic amines) is 1. The van der Waals surface area contributed by atoms with E-state index >= 15 is 0 Å². The number of benzene rings is 1. The minimum absolute atomic E-state index is 0. The number of aliphatic imine (C=N–C) groups is 1. The Bertz CT molecular complexity index is 788. The molecule has 1 N–H and O–H groups in total. The topological polar surface area (TPSA) is 63.9 Å². The van der Waals surface area contributed by atoms with E-state index in [0.717, 1.165) is 44.2 Å². The van der Waals surface area contributed by atoms with Crippen molar-refractivity contribution in [2.45, 2.75) is 19.9 Å². The Balaban J connectivity index is 0.00000320. The van der Waals surface area contributed by atoms with Gasteiger partial charge in [0.1, 0.15) is 5.82 Å². The standard InChI is InChI=1S/C21H30FN5O2.HI/c1-3-24-21(26-8-6-18(14-26)15-29-11-10-28-2)25-13-17-4-5-20(19(22)12-17)27-9-7-23-16-27;/h4-5,7,9,12,16,18H,3,6,8,10-11,13-15H2,1-2H3,(H,24,25);1H. The van der Waals surface area contributed by atoms with Crippen LogP contribution in [0.25, 0.3) is 5.69 Å². The summed E-state index contributed by atoms with van der Waals surface area (Å²) in [6.07, 6.45) is 6.02. The van der Waals surface area contributed by atoms with Crippen molar-refractivity contribution in [1.29, 1.82) is 0 Å². The number of imidazole rings is 1. The van der Waals surface area contributed by atoms with Crippen molar-refractivity contribution in [3.63, 3.8) is 0 Å². The average Bonchev–Trinajstić information content (AvgIpc) is 3.41. The second-order valence-electron chi connectivity index (χ2n) is 7.09. The van der Waals surface area contributed by atoms with Gasteiger partial charge in [-0.3, -0.25) is 0 Å². The molecule has 9 heteroatoms. The Labute approximate surface area is 194 Å². The molecule has 0 bridgehead atoms. The van der Waals surface area contributed by atoms with Gasteiger partial charge in [0.2, 0.25) is 0 Å². The van der Waals surface area contributed by atoms with Crippen LogP contribution in [-0.4, -0.2) is 67.0 Å². The molecule has 0 amide bonds. The first-order valence-electron chi connectivity index (χ1n) is 10.1. The van der Waals surface area contributed by atoms with Crippen molar-refractivity contribution < 1.29 is 13.9 Å². The summed E-state index contributed by atoms with van der Waals surface area (Å²) in [5.74, 6) is 1.07. The Morgan fingerprint density at radius 2 is 2.23 bits per heavy atom. The number of ether oxygens (including phenoxy) is 2. The van der Waals surface area contributed by atoms with Gasteiger partial charge >= 0.3 is 0 Å². The highest BCUT2D eigenvalue weighted by Gasteiger charge is 2.25. The highest BCUT2D eigenvalue weighted by molar-refractivity contribution is 14.0. The van der Waals surface area contributed by atoms with Crippen LogP contribution in [0, 0.1) is 11.7 Å². The van der Waals surface area contributed by atoms with Crippen molar-refractivity contribution in [3.05, 3.63) is 48.3 Å². The predicted octanol–water partition coefficient (Wildman–Crippen LogP) is 3.08. The molecule has 2 aromatic rings. The lowest BCUT2D eigenvalue weighted by Crippen LogP contribution is -2.40. The molecule has 1 unspecified atom stereocenters. The summed E-state index contributed by atoms with van der Waals surface area (Å²) in [4.78, 5) is 10.9. The van der Waals surface area contributed by atoms with Crippen LogP contribution in [0.15, 0.2) is 41.9 Å². The van der Waals surface area contributed by atoms with Gasteiger partial charge in [0.25, 0.3) is 0 Å². The van der Waals surface area contributed by atoms with E-state index in [9.17, 15) is 4.39 Å². The van der Waals surface area contributed by atoms with E-state index in [1.54, 1.807) is 42.5 Å². The number of methoxy groups -OCH3 is 1. The highest BCUT2D eigenvalue weighted by atomic mass is 127. The zero-order valence-electron chi connectivity index (χ0n) is 17.6. The van der Waals surface area contributed by atoms with Crippen LogP contribution in [0.2, 0.25) is 0 Å². The highest BCUT2D eigenvalue weighted by Crippen LogP contribution is 2.18. The van der Waals surface area contributed by atoms with Gasteiger partial charge in [-0.15, -0.1) is 24.0 Å². The minimum atomic E-state index is -0.282. The number of rotatable bonds is 9. The molecule has 3 rings (SSSR count). The number of nitrogens with zero attached hydrogens (tertiary/aromatic N) is 4. The Hall–Kier alpha value is -1.72. The fourth-order valence-corrected chi connectivity index (χ4v) is 3.41. The quantitative estimate of drug-likeness (QED) is 0.233. The normalized spacial score (nSPS) is 16.6. The van der Waals surface area contributed by atoms with Crippen molar-refractivity contribution in [2.24, 2.45) is 10.9 Å². The van der Waals surface area contributed by atoms with Gasteiger partial charge in [0.05, 0.1) is 38.4 Å². The molecule has 0 saturated carbocycles. The fourth-order valence-electron chi connectivity index (χ4n) is 3.41. The molecule has 1 aromatic carbocycles. The second-order valence-corrected chi connectivity index (χ2v) is 7.09. The maximum atomic E-state index is 14.5. The minimum Gasteiger partial charge on any atom is -0.382 e. The van der Waals surface area contributed by atoms with Gasteiger partial charge in [-0.25, -0.2) is 14.4 Å². The first kappa shape index (κ1) is 24.5. The summed E-state index contributed by atoms with van der Waals surface area (Å²) >= 11 is 0. The molecule has 166 valence electrons. The van der Waals surface area contributed by atoms with Crippen LogP contribution >= 0.6 is 24.0 Å². The van der Waals surface area contributed by atoms with E-state index in [1.807, 2.05) is 6.07 Å². The molecule has 0 aliphatic carbocycles. The second kappa shape index (κ2) is 12.9. The van der Waals surface area contributed by atoms with Gasteiger partial charge in [-0.2, -0.15) is 0 Å². The van der Waals surface area contributed by atoms with Crippen molar-refractivity contribution in [1.82, 2.24) is 19.8 Å². The molecule has 1 fully saturated rings. The predicted molar refractivity (Wildman–Crippen MR) is 126 cm³/mol. The largest absolute Gasteiger partial charge is 0.382 e. The number of aromatic nitrogens is 2. The number of hydrogen-bond acceptors (Lipinski definition) is 4. The van der Waals surface area contributed by atoms with Crippen molar-refractivity contribution in [3.8, 4) is 5.69 Å². The molecular formula is C21H31FIN5O2. The first-order valence-corrected chi connectivity index (χ1v) is 10.1. The lowest BCUT2D eigenvalue weighted by Gasteiger charge is -2.21. The molecule has 2 heterocycles. The maximum Gasteiger partial charge on any atom is 0.194 e. The van der Waals surface area contributed by atoms with Crippen LogP contribution in [-0.2, 0) is 16.0 Å². The smallest absolute Gasteiger partial charge is 0.194 e. The fraction of sp³-hybridized carbons (Fsp3) is 0.524. The molecule has 1 aromatic heterocycles. The van der Waals surface area contributed by atoms with E-state index < -0.39 is 0 Å². The molecule has 0 radical (unpaired) electrons. The molecule has 0 spiro atoms. The van der Waals surface area contributed by atoms with Gasteiger partial charge < -0.3 is 24.3 Å². The van der Waals surface area contributed by atoms with Crippen LogP contribution in [0.4, 0.5) is 4.39 Å². The summed E-state index contributed by atoms with van der Waals surface area (Å²) in [6.45, 7) is 7.10. The Morgan fingerprint density at radius 3 is 2.93 bits per heavy atom. The van der Waals surface area contributed by atoms with Gasteiger partial charge in [-0.1, -0.05) is 6.07 Å². The third-order valence-electron chi connectivity index (χ3n) is 4.91. The van der Waals surface area contributed by atoms with E-state index in [-0.39, 0.29) is 29.8 Å². The SMILES string of the molecule is CCNC(=NCc1ccc(-n2ccnc2)c(F)c1)N1CCC(COCCOC)C1.I. The van der Waals surface area contributed by atoms with Crippen LogP contribution in [0.5, 0.6) is 0 Å². The van der Waals surface area contributed by atoms with E-state index in [2.05, 4.69) is 22.1 Å². The molecule has 1 aliphatic heterocycles. The van der Waals surface area contributed by atoms with Crippen molar-refractivity contribution in [2.75, 3.05) is 46.6 Å². The third kappa shape index (κ3) is 6.92. The summed E-state index contributed by atoms with van der Waals surface area (Å²) in [6, 6.07) is 5.21. The molecule has 7 nitrogen and oxygen atoms in total. The van der Waals surface area contributed by atoms with E-state index in [1.165, 1.54) is 0 Å². The summed E-state index contributed by atoms with van der Waals surface area (Å²) in [5, 5.41) is 3.35. The van der Waals surface area contributed by atoms with Gasteiger partial charge in [-0.05, 0) is 31.0 Å². The summed E-state index contributed by atoms with van der Waals surface area (Å²) < 4.78 is 26.8. The summed E-state index contributed by atoms with van der Waals surface area (Å²) in [5.41, 5.74) is 1.32. The van der Waals surface area contributed by atoms with E-state index in [4.69, 9.17) is 14.5 Å². The number of halogens is 2. The zero-order valence-corrected chi connectivity index (χ0v) is 19.9. The van der Waals surface area contributed by atoms with Crippen LogP contribution in [0.1, 0.15) is 18.9 Å². The Kier molecular flexibility index (Phi) is 10.5. The number of hydrogen-bond donors (Lipinski definition) is 1. The third-order valence-corrected chi connectivity index (χ3v) is 4.91. The zero-order chi connectivity index (χ0) is 20.5. The van der Waals surface area contributed by atoms with Crippen LogP contribution < -0.4 is 5.32 Å². The first-order chi connectivity index (χ1) is 14.2. The number of nitrogens with one attached hydrogen (secondary N) is 1. The van der Waals surface area contributed by atoms with Gasteiger partial charge in [0.15, 0.2) is 5.96 Å². The molecule has 30 heavy (non-hydrogen) atoms. The lowest BCUT2D eigenvalue weighted by atomic mass is 10.1. The monoisotopic (exact) mass is 531 g/mol. The maximum absolute atomic E-state index is 14.5. The molecule has 1 atom stereocenters.